The van der Waals surface area contributed by atoms with Gasteiger partial charge in [-0.2, -0.15) is 0 Å². The molecule has 0 spiro atoms. The standard InChI is InChI=1S/C14H17NO3S/c16-13(17)8-6-11-5-7-12(19-11)14(18)15-9-10-3-1-2-4-10/h5-8,10H,1-4,9H2,(H,15,18)(H,16,17). The number of thiophene rings is 1. The highest BCUT2D eigenvalue weighted by atomic mass is 32.1. The van der Waals surface area contributed by atoms with Crippen LogP contribution in [0.1, 0.15) is 40.2 Å². The van der Waals surface area contributed by atoms with Crippen LogP contribution in [0, 0.1) is 5.92 Å². The molecule has 0 aromatic carbocycles. The largest absolute Gasteiger partial charge is 0.478 e. The summed E-state index contributed by atoms with van der Waals surface area (Å²) in [5.41, 5.74) is 0. The fourth-order valence-corrected chi connectivity index (χ4v) is 3.08. The Balaban J connectivity index is 1.86. The van der Waals surface area contributed by atoms with E-state index in [1.54, 1.807) is 12.1 Å². The van der Waals surface area contributed by atoms with Gasteiger partial charge in [0.15, 0.2) is 0 Å². The van der Waals surface area contributed by atoms with E-state index >= 15 is 0 Å². The van der Waals surface area contributed by atoms with E-state index in [2.05, 4.69) is 5.32 Å². The number of hydrogen-bond donors (Lipinski definition) is 2. The zero-order valence-corrected chi connectivity index (χ0v) is 11.4. The summed E-state index contributed by atoms with van der Waals surface area (Å²) in [6, 6.07) is 3.49. The quantitative estimate of drug-likeness (QED) is 0.814. The molecule has 0 aliphatic heterocycles. The molecule has 0 saturated heterocycles. The Morgan fingerprint density at radius 1 is 1.37 bits per heavy atom. The van der Waals surface area contributed by atoms with E-state index < -0.39 is 5.97 Å². The number of carboxylic acids is 1. The molecule has 0 bridgehead atoms. The Bertz CT molecular complexity index is 487. The van der Waals surface area contributed by atoms with Crippen LogP contribution in [0.5, 0.6) is 0 Å². The van der Waals surface area contributed by atoms with Gasteiger partial charge in [0.1, 0.15) is 0 Å². The lowest BCUT2D eigenvalue weighted by Crippen LogP contribution is -2.27. The monoisotopic (exact) mass is 279 g/mol. The maximum atomic E-state index is 11.9. The number of carbonyl (C=O) groups is 2. The van der Waals surface area contributed by atoms with Gasteiger partial charge in [-0.3, -0.25) is 4.79 Å². The average Bonchev–Trinajstić information content (AvgIpc) is 3.04. The molecule has 0 radical (unpaired) electrons. The number of nitrogens with one attached hydrogen (secondary N) is 1. The van der Waals surface area contributed by atoms with E-state index in [0.29, 0.717) is 10.8 Å². The van der Waals surface area contributed by atoms with Crippen LogP contribution in [0.4, 0.5) is 0 Å². The van der Waals surface area contributed by atoms with Gasteiger partial charge >= 0.3 is 5.97 Å². The second-order valence-corrected chi connectivity index (χ2v) is 5.85. The van der Waals surface area contributed by atoms with Crippen LogP contribution in [0.15, 0.2) is 18.2 Å². The van der Waals surface area contributed by atoms with Crippen molar-refractivity contribution in [3.63, 3.8) is 0 Å². The predicted molar refractivity (Wildman–Crippen MR) is 75.3 cm³/mol. The highest BCUT2D eigenvalue weighted by Crippen LogP contribution is 2.24. The predicted octanol–water partition coefficient (Wildman–Crippen LogP) is 2.77. The summed E-state index contributed by atoms with van der Waals surface area (Å²) >= 11 is 1.30. The molecule has 1 aromatic heterocycles. The topological polar surface area (TPSA) is 66.4 Å². The van der Waals surface area contributed by atoms with E-state index in [-0.39, 0.29) is 5.91 Å². The van der Waals surface area contributed by atoms with Gasteiger partial charge in [0.25, 0.3) is 5.91 Å². The van der Waals surface area contributed by atoms with Crippen molar-refractivity contribution < 1.29 is 14.7 Å². The molecule has 1 amide bonds. The Morgan fingerprint density at radius 2 is 2.11 bits per heavy atom. The molecule has 0 atom stereocenters. The van der Waals surface area contributed by atoms with Crippen LogP contribution in [0.2, 0.25) is 0 Å². The van der Waals surface area contributed by atoms with Crippen molar-refractivity contribution in [2.45, 2.75) is 25.7 Å². The zero-order chi connectivity index (χ0) is 13.7. The molecule has 2 rings (SSSR count). The Hall–Kier alpha value is -1.62. The number of carbonyl (C=O) groups excluding carboxylic acids is 1. The van der Waals surface area contributed by atoms with E-state index in [0.717, 1.165) is 17.5 Å². The van der Waals surface area contributed by atoms with Gasteiger partial charge in [-0.05, 0) is 37.0 Å². The van der Waals surface area contributed by atoms with Gasteiger partial charge in [-0.25, -0.2) is 4.79 Å². The lowest BCUT2D eigenvalue weighted by atomic mass is 10.1. The first-order valence-corrected chi connectivity index (χ1v) is 7.26. The van der Waals surface area contributed by atoms with Gasteiger partial charge in [-0.1, -0.05) is 12.8 Å². The number of amides is 1. The SMILES string of the molecule is O=C(O)C=Cc1ccc(C(=O)NCC2CCCC2)s1. The van der Waals surface area contributed by atoms with Gasteiger partial charge in [0.2, 0.25) is 0 Å². The van der Waals surface area contributed by atoms with E-state index in [1.165, 1.54) is 43.1 Å². The van der Waals surface area contributed by atoms with Crippen molar-refractivity contribution in [2.24, 2.45) is 5.92 Å². The summed E-state index contributed by atoms with van der Waals surface area (Å²) in [7, 11) is 0. The van der Waals surface area contributed by atoms with Gasteiger partial charge in [-0.15, -0.1) is 11.3 Å². The first kappa shape index (κ1) is 13.8. The number of aliphatic carboxylic acids is 1. The smallest absolute Gasteiger partial charge is 0.328 e. The van der Waals surface area contributed by atoms with Crippen molar-refractivity contribution >= 4 is 29.3 Å². The minimum absolute atomic E-state index is 0.0631. The summed E-state index contributed by atoms with van der Waals surface area (Å²) in [6.07, 6.45) is 7.52. The summed E-state index contributed by atoms with van der Waals surface area (Å²) in [5.74, 6) is -0.428. The van der Waals surface area contributed by atoms with Crippen LogP contribution in [0.25, 0.3) is 6.08 Å². The molecule has 1 saturated carbocycles. The summed E-state index contributed by atoms with van der Waals surface area (Å²) in [4.78, 5) is 23.7. The minimum Gasteiger partial charge on any atom is -0.478 e. The maximum Gasteiger partial charge on any atom is 0.328 e. The Labute approximate surface area is 116 Å². The molecule has 1 fully saturated rings. The molecular formula is C14H17NO3S. The summed E-state index contributed by atoms with van der Waals surface area (Å²) in [5, 5.41) is 11.5. The van der Waals surface area contributed by atoms with Gasteiger partial charge in [0.05, 0.1) is 4.88 Å². The van der Waals surface area contributed by atoms with Crippen LogP contribution < -0.4 is 5.32 Å². The van der Waals surface area contributed by atoms with Crippen LogP contribution in [-0.4, -0.2) is 23.5 Å². The molecular weight excluding hydrogens is 262 g/mol. The molecule has 2 N–H and O–H groups in total. The van der Waals surface area contributed by atoms with E-state index in [9.17, 15) is 9.59 Å². The number of rotatable bonds is 5. The zero-order valence-electron chi connectivity index (χ0n) is 10.6. The molecule has 5 heteroatoms. The van der Waals surface area contributed by atoms with Crippen molar-refractivity contribution in [1.82, 2.24) is 5.32 Å². The normalized spacial score (nSPS) is 16.0. The second-order valence-electron chi connectivity index (χ2n) is 4.73. The molecule has 1 aliphatic rings. The van der Waals surface area contributed by atoms with Crippen molar-refractivity contribution in [2.75, 3.05) is 6.54 Å². The summed E-state index contributed by atoms with van der Waals surface area (Å²) in [6.45, 7) is 0.747. The summed E-state index contributed by atoms with van der Waals surface area (Å²) < 4.78 is 0. The van der Waals surface area contributed by atoms with Crippen LogP contribution in [-0.2, 0) is 4.79 Å². The second kappa shape index (κ2) is 6.52. The average molecular weight is 279 g/mol. The minimum atomic E-state index is -0.986. The first-order chi connectivity index (χ1) is 9.15. The maximum absolute atomic E-state index is 11.9. The van der Waals surface area contributed by atoms with Crippen molar-refractivity contribution in [1.29, 1.82) is 0 Å². The molecule has 102 valence electrons. The molecule has 1 aromatic rings. The van der Waals surface area contributed by atoms with Gasteiger partial charge in [0, 0.05) is 17.5 Å². The first-order valence-electron chi connectivity index (χ1n) is 6.44. The Morgan fingerprint density at radius 3 is 2.79 bits per heavy atom. The van der Waals surface area contributed by atoms with Crippen molar-refractivity contribution in [3.05, 3.63) is 28.0 Å². The fourth-order valence-electron chi connectivity index (χ4n) is 2.26. The lowest BCUT2D eigenvalue weighted by Gasteiger charge is -2.09. The molecule has 0 unspecified atom stereocenters. The highest BCUT2D eigenvalue weighted by molar-refractivity contribution is 7.14. The molecule has 4 nitrogen and oxygen atoms in total. The third-order valence-corrected chi connectivity index (χ3v) is 4.32. The van der Waals surface area contributed by atoms with Crippen LogP contribution in [0.3, 0.4) is 0 Å². The highest BCUT2D eigenvalue weighted by Gasteiger charge is 2.16. The third kappa shape index (κ3) is 4.21. The third-order valence-electron chi connectivity index (χ3n) is 3.27. The van der Waals surface area contributed by atoms with E-state index in [1.807, 2.05) is 0 Å². The van der Waals surface area contributed by atoms with E-state index in [4.69, 9.17) is 5.11 Å². The molecule has 1 aliphatic carbocycles. The van der Waals surface area contributed by atoms with Gasteiger partial charge < -0.3 is 10.4 Å². The molecule has 19 heavy (non-hydrogen) atoms. The Kier molecular flexibility index (Phi) is 4.74. The molecule has 1 heterocycles. The van der Waals surface area contributed by atoms with Crippen molar-refractivity contribution in [3.8, 4) is 0 Å². The van der Waals surface area contributed by atoms with Crippen LogP contribution >= 0.6 is 11.3 Å². The number of carboxylic acid groups (broad SMARTS) is 1. The number of hydrogen-bond acceptors (Lipinski definition) is 3. The lowest BCUT2D eigenvalue weighted by molar-refractivity contribution is -0.131. The fraction of sp³-hybridized carbons (Fsp3) is 0.429.